The van der Waals surface area contributed by atoms with Crippen molar-refractivity contribution in [2.75, 3.05) is 12.4 Å². The number of anilines is 1. The minimum atomic E-state index is 0.740. The molecule has 0 unspecified atom stereocenters. The molecule has 21 heavy (non-hydrogen) atoms. The molecule has 0 radical (unpaired) electrons. The summed E-state index contributed by atoms with van der Waals surface area (Å²) in [4.78, 5) is 2.05. The van der Waals surface area contributed by atoms with Crippen LogP contribution in [0.5, 0.6) is 0 Å². The molecule has 0 saturated heterocycles. The Morgan fingerprint density at radius 2 is 1.81 bits per heavy atom. The second-order valence-corrected chi connectivity index (χ2v) is 5.71. The van der Waals surface area contributed by atoms with Crippen LogP contribution in [0.15, 0.2) is 48.5 Å². The standard InChI is InChI=1S/C18H22N2S/c1-4-15-6-5-7-17(12-15)19-18(21)20(3)13-16-10-8-14(2)9-11-16/h5-12H,4,13H2,1-3H3,(H,19,21). The Bertz CT molecular complexity index is 605. The van der Waals surface area contributed by atoms with E-state index in [4.69, 9.17) is 12.2 Å². The van der Waals surface area contributed by atoms with Gasteiger partial charge >= 0.3 is 0 Å². The summed E-state index contributed by atoms with van der Waals surface area (Å²) in [6.45, 7) is 5.06. The fraction of sp³-hybridized carbons (Fsp3) is 0.278. The lowest BCUT2D eigenvalue weighted by Gasteiger charge is -2.21. The Morgan fingerprint density at radius 3 is 2.48 bits per heavy atom. The van der Waals surface area contributed by atoms with Gasteiger partial charge in [-0.25, -0.2) is 0 Å². The molecule has 0 fully saturated rings. The van der Waals surface area contributed by atoms with Gasteiger partial charge in [-0.1, -0.05) is 48.9 Å². The molecule has 2 nitrogen and oxygen atoms in total. The van der Waals surface area contributed by atoms with Crippen molar-refractivity contribution in [1.82, 2.24) is 4.90 Å². The van der Waals surface area contributed by atoms with Crippen molar-refractivity contribution in [2.24, 2.45) is 0 Å². The summed E-state index contributed by atoms with van der Waals surface area (Å²) < 4.78 is 0. The zero-order valence-corrected chi connectivity index (χ0v) is 13.7. The topological polar surface area (TPSA) is 15.3 Å². The van der Waals surface area contributed by atoms with Gasteiger partial charge in [-0.15, -0.1) is 0 Å². The molecule has 0 bridgehead atoms. The van der Waals surface area contributed by atoms with Crippen LogP contribution >= 0.6 is 12.2 Å². The zero-order chi connectivity index (χ0) is 15.2. The summed E-state index contributed by atoms with van der Waals surface area (Å²) in [5.74, 6) is 0. The maximum absolute atomic E-state index is 5.48. The first kappa shape index (κ1) is 15.5. The van der Waals surface area contributed by atoms with Crippen molar-refractivity contribution < 1.29 is 0 Å². The molecule has 0 aliphatic heterocycles. The molecule has 0 aromatic heterocycles. The lowest BCUT2D eigenvalue weighted by atomic mass is 10.1. The number of nitrogens with zero attached hydrogens (tertiary/aromatic N) is 1. The number of nitrogens with one attached hydrogen (secondary N) is 1. The minimum Gasteiger partial charge on any atom is -0.348 e. The third-order valence-electron chi connectivity index (χ3n) is 3.47. The Labute approximate surface area is 132 Å². The summed E-state index contributed by atoms with van der Waals surface area (Å²) in [5, 5.41) is 4.05. The van der Waals surface area contributed by atoms with E-state index in [0.717, 1.165) is 23.8 Å². The zero-order valence-electron chi connectivity index (χ0n) is 12.9. The lowest BCUT2D eigenvalue weighted by Crippen LogP contribution is -2.30. The monoisotopic (exact) mass is 298 g/mol. The molecular weight excluding hydrogens is 276 g/mol. The van der Waals surface area contributed by atoms with Crippen LogP contribution in [0.1, 0.15) is 23.6 Å². The first-order valence-corrected chi connectivity index (χ1v) is 7.66. The van der Waals surface area contributed by atoms with Gasteiger partial charge in [0.25, 0.3) is 0 Å². The van der Waals surface area contributed by atoms with Crippen LogP contribution in [-0.4, -0.2) is 17.1 Å². The van der Waals surface area contributed by atoms with E-state index < -0.39 is 0 Å². The quantitative estimate of drug-likeness (QED) is 0.843. The van der Waals surface area contributed by atoms with E-state index in [9.17, 15) is 0 Å². The first-order chi connectivity index (χ1) is 10.1. The van der Waals surface area contributed by atoms with Crippen molar-refractivity contribution >= 4 is 23.0 Å². The summed E-state index contributed by atoms with van der Waals surface area (Å²) in [6.07, 6.45) is 1.03. The van der Waals surface area contributed by atoms with Gasteiger partial charge in [0.2, 0.25) is 0 Å². The molecule has 2 aromatic rings. The van der Waals surface area contributed by atoms with Crippen LogP contribution in [0.2, 0.25) is 0 Å². The molecule has 0 aliphatic rings. The number of rotatable bonds is 4. The normalized spacial score (nSPS) is 10.2. The highest BCUT2D eigenvalue weighted by atomic mass is 32.1. The Morgan fingerprint density at radius 1 is 1.10 bits per heavy atom. The van der Waals surface area contributed by atoms with E-state index in [1.807, 2.05) is 13.1 Å². The Balaban J connectivity index is 1.97. The second kappa shape index (κ2) is 7.23. The van der Waals surface area contributed by atoms with Gasteiger partial charge in [0, 0.05) is 19.3 Å². The maximum Gasteiger partial charge on any atom is 0.173 e. The van der Waals surface area contributed by atoms with Crippen molar-refractivity contribution in [3.8, 4) is 0 Å². The van der Waals surface area contributed by atoms with Crippen molar-refractivity contribution in [1.29, 1.82) is 0 Å². The molecule has 0 heterocycles. The number of thiocarbonyl (C=S) groups is 1. The molecule has 2 rings (SSSR count). The smallest absolute Gasteiger partial charge is 0.173 e. The van der Waals surface area contributed by atoms with Crippen molar-refractivity contribution in [3.63, 3.8) is 0 Å². The lowest BCUT2D eigenvalue weighted by molar-refractivity contribution is 0.508. The Hall–Kier alpha value is -1.87. The first-order valence-electron chi connectivity index (χ1n) is 7.25. The largest absolute Gasteiger partial charge is 0.348 e. The van der Waals surface area contributed by atoms with E-state index in [2.05, 4.69) is 66.5 Å². The predicted octanol–water partition coefficient (Wildman–Crippen LogP) is 4.39. The van der Waals surface area contributed by atoms with E-state index in [1.54, 1.807) is 0 Å². The van der Waals surface area contributed by atoms with Crippen molar-refractivity contribution in [3.05, 3.63) is 65.2 Å². The summed E-state index contributed by atoms with van der Waals surface area (Å²) in [7, 11) is 2.01. The summed E-state index contributed by atoms with van der Waals surface area (Å²) in [6, 6.07) is 16.9. The molecular formula is C18H22N2S. The number of aryl methyl sites for hydroxylation is 2. The Kier molecular flexibility index (Phi) is 5.34. The highest BCUT2D eigenvalue weighted by Crippen LogP contribution is 2.13. The van der Waals surface area contributed by atoms with Crippen LogP contribution in [-0.2, 0) is 13.0 Å². The van der Waals surface area contributed by atoms with Crippen LogP contribution < -0.4 is 5.32 Å². The SMILES string of the molecule is CCc1cccc(NC(=S)N(C)Cc2ccc(C)cc2)c1. The number of hydrogen-bond acceptors (Lipinski definition) is 1. The number of benzene rings is 2. The molecule has 0 saturated carbocycles. The third-order valence-corrected chi connectivity index (χ3v) is 3.89. The highest BCUT2D eigenvalue weighted by Gasteiger charge is 2.06. The van der Waals surface area contributed by atoms with E-state index in [0.29, 0.717) is 0 Å². The second-order valence-electron chi connectivity index (χ2n) is 5.33. The molecule has 3 heteroatoms. The van der Waals surface area contributed by atoms with Crippen molar-refractivity contribution in [2.45, 2.75) is 26.8 Å². The van der Waals surface area contributed by atoms with Crippen LogP contribution in [0.25, 0.3) is 0 Å². The number of hydrogen-bond donors (Lipinski definition) is 1. The van der Waals surface area contributed by atoms with Gasteiger partial charge in [-0.3, -0.25) is 0 Å². The predicted molar refractivity (Wildman–Crippen MR) is 94.7 cm³/mol. The molecule has 0 atom stereocenters. The molecule has 0 aliphatic carbocycles. The van der Waals surface area contributed by atoms with Crippen LogP contribution in [0, 0.1) is 6.92 Å². The van der Waals surface area contributed by atoms with Crippen LogP contribution in [0.4, 0.5) is 5.69 Å². The fourth-order valence-corrected chi connectivity index (χ4v) is 2.31. The van der Waals surface area contributed by atoms with E-state index >= 15 is 0 Å². The highest BCUT2D eigenvalue weighted by molar-refractivity contribution is 7.80. The van der Waals surface area contributed by atoms with Gasteiger partial charge < -0.3 is 10.2 Å². The molecule has 0 spiro atoms. The molecule has 2 aromatic carbocycles. The average molecular weight is 298 g/mol. The molecule has 110 valence electrons. The van der Waals surface area contributed by atoms with Gasteiger partial charge in [0.05, 0.1) is 0 Å². The van der Waals surface area contributed by atoms with E-state index in [1.165, 1.54) is 16.7 Å². The van der Waals surface area contributed by atoms with Gasteiger partial charge in [-0.2, -0.15) is 0 Å². The maximum atomic E-state index is 5.48. The summed E-state index contributed by atoms with van der Waals surface area (Å²) >= 11 is 5.48. The van der Waals surface area contributed by atoms with Gasteiger partial charge in [0.15, 0.2) is 5.11 Å². The summed E-state index contributed by atoms with van der Waals surface area (Å²) in [5.41, 5.74) is 4.90. The van der Waals surface area contributed by atoms with Gasteiger partial charge in [0.1, 0.15) is 0 Å². The van der Waals surface area contributed by atoms with Gasteiger partial charge in [-0.05, 0) is 48.8 Å². The third kappa shape index (κ3) is 4.57. The molecule has 1 N–H and O–H groups in total. The van der Waals surface area contributed by atoms with Crippen LogP contribution in [0.3, 0.4) is 0 Å². The molecule has 0 amide bonds. The fourth-order valence-electron chi connectivity index (χ4n) is 2.13. The minimum absolute atomic E-state index is 0.740. The van der Waals surface area contributed by atoms with E-state index in [-0.39, 0.29) is 0 Å². The average Bonchev–Trinajstić information content (AvgIpc) is 2.49.